The second-order valence-corrected chi connectivity index (χ2v) is 7.18. The van der Waals surface area contributed by atoms with E-state index in [9.17, 15) is 4.79 Å². The van der Waals surface area contributed by atoms with Crippen molar-refractivity contribution in [2.75, 3.05) is 26.2 Å². The summed E-state index contributed by atoms with van der Waals surface area (Å²) in [4.78, 5) is 14.1. The molecule has 1 N–H and O–H groups in total. The number of hydrogen-bond acceptors (Lipinski definition) is 4. The molecule has 1 aliphatic rings. The molecule has 1 amide bonds. The van der Waals surface area contributed by atoms with E-state index in [4.69, 9.17) is 4.74 Å². The molecule has 0 spiro atoms. The molecule has 1 aromatic carbocycles. The van der Waals surface area contributed by atoms with E-state index in [1.54, 1.807) is 0 Å². The van der Waals surface area contributed by atoms with Gasteiger partial charge in [0.1, 0.15) is 5.75 Å². The molecule has 1 aliphatic heterocycles. The summed E-state index contributed by atoms with van der Waals surface area (Å²) in [5.74, 6) is 0.865. The van der Waals surface area contributed by atoms with Crippen molar-refractivity contribution in [1.29, 1.82) is 0 Å². The number of benzene rings is 1. The molecule has 0 bridgehead atoms. The number of aromatic nitrogens is 2. The Morgan fingerprint density at radius 3 is 2.67 bits per heavy atom. The maximum atomic E-state index is 12.2. The van der Waals surface area contributed by atoms with E-state index in [1.807, 2.05) is 40.9 Å². The van der Waals surface area contributed by atoms with Crippen LogP contribution in [-0.2, 0) is 24.8 Å². The van der Waals surface area contributed by atoms with Crippen molar-refractivity contribution in [2.45, 2.75) is 39.7 Å². The van der Waals surface area contributed by atoms with Crippen LogP contribution in [0.15, 0.2) is 24.3 Å². The lowest BCUT2D eigenvalue weighted by Gasteiger charge is -2.17. The zero-order valence-corrected chi connectivity index (χ0v) is 16.6. The lowest BCUT2D eigenvalue weighted by atomic mass is 10.1. The average molecular weight is 370 g/mol. The average Bonchev–Trinajstić information content (AvgIpc) is 3.28. The number of ether oxygens (including phenoxy) is 1. The standard InChI is InChI=1S/C21H30N4O2/c1-16-19(17(2)24(3)23-16)10-11-22-14-18-8-4-5-9-20(18)27-15-21(26)25-12-6-7-13-25/h4-5,8-9,22H,6-7,10-15H2,1-3H3. The number of nitrogens with zero attached hydrogens (tertiary/aromatic N) is 3. The number of amides is 1. The minimum Gasteiger partial charge on any atom is -0.483 e. The first-order valence-corrected chi connectivity index (χ1v) is 9.74. The van der Waals surface area contributed by atoms with Gasteiger partial charge < -0.3 is 15.0 Å². The van der Waals surface area contributed by atoms with Crippen molar-refractivity contribution in [3.05, 3.63) is 46.8 Å². The minimum atomic E-state index is 0.0813. The van der Waals surface area contributed by atoms with Crippen LogP contribution in [0.3, 0.4) is 0 Å². The lowest BCUT2D eigenvalue weighted by Crippen LogP contribution is -2.32. The Kier molecular flexibility index (Phi) is 6.50. The monoisotopic (exact) mass is 370 g/mol. The van der Waals surface area contributed by atoms with Crippen LogP contribution in [0.1, 0.15) is 35.4 Å². The third kappa shape index (κ3) is 4.89. The highest BCUT2D eigenvalue weighted by Gasteiger charge is 2.18. The first kappa shape index (κ1) is 19.4. The summed E-state index contributed by atoms with van der Waals surface area (Å²) in [5, 5.41) is 7.95. The summed E-state index contributed by atoms with van der Waals surface area (Å²) in [6.07, 6.45) is 3.15. The van der Waals surface area contributed by atoms with Crippen molar-refractivity contribution < 1.29 is 9.53 Å². The number of aryl methyl sites for hydroxylation is 2. The second kappa shape index (κ2) is 9.04. The van der Waals surface area contributed by atoms with Crippen LogP contribution in [0.5, 0.6) is 5.75 Å². The van der Waals surface area contributed by atoms with Gasteiger partial charge in [-0.05, 0) is 51.3 Å². The van der Waals surface area contributed by atoms with Gasteiger partial charge in [0.2, 0.25) is 0 Å². The first-order valence-electron chi connectivity index (χ1n) is 9.74. The molecular weight excluding hydrogens is 340 g/mol. The van der Waals surface area contributed by atoms with Gasteiger partial charge in [-0.2, -0.15) is 5.10 Å². The molecule has 0 aliphatic carbocycles. The fourth-order valence-corrected chi connectivity index (χ4v) is 3.60. The number of carbonyl (C=O) groups excluding carboxylic acids is 1. The molecule has 6 heteroatoms. The van der Waals surface area contributed by atoms with Crippen LogP contribution in [0.2, 0.25) is 0 Å². The highest BCUT2D eigenvalue weighted by atomic mass is 16.5. The second-order valence-electron chi connectivity index (χ2n) is 7.18. The molecule has 1 fully saturated rings. The molecule has 1 saturated heterocycles. The Labute approximate surface area is 161 Å². The molecule has 27 heavy (non-hydrogen) atoms. The molecule has 146 valence electrons. The van der Waals surface area contributed by atoms with Crippen molar-refractivity contribution in [3.8, 4) is 5.75 Å². The summed E-state index contributed by atoms with van der Waals surface area (Å²) in [7, 11) is 1.98. The van der Waals surface area contributed by atoms with Crippen molar-refractivity contribution in [1.82, 2.24) is 20.0 Å². The number of carbonyl (C=O) groups is 1. The fourth-order valence-electron chi connectivity index (χ4n) is 3.60. The number of likely N-dealkylation sites (tertiary alicyclic amines) is 1. The molecule has 3 rings (SSSR count). The van der Waals surface area contributed by atoms with Gasteiger partial charge in [0.15, 0.2) is 6.61 Å². The third-order valence-electron chi connectivity index (χ3n) is 5.31. The van der Waals surface area contributed by atoms with Gasteiger partial charge in [-0.3, -0.25) is 9.48 Å². The first-order chi connectivity index (χ1) is 13.1. The summed E-state index contributed by atoms with van der Waals surface area (Å²) < 4.78 is 7.76. The molecule has 0 unspecified atom stereocenters. The smallest absolute Gasteiger partial charge is 0.260 e. The molecule has 0 saturated carbocycles. The quantitative estimate of drug-likeness (QED) is 0.725. The number of rotatable bonds is 8. The Morgan fingerprint density at radius 2 is 1.96 bits per heavy atom. The third-order valence-corrected chi connectivity index (χ3v) is 5.31. The largest absolute Gasteiger partial charge is 0.483 e. The predicted octanol–water partition coefficient (Wildman–Crippen LogP) is 2.37. The molecule has 2 aromatic rings. The van der Waals surface area contributed by atoms with E-state index in [0.717, 1.165) is 55.9 Å². The Hall–Kier alpha value is -2.34. The van der Waals surface area contributed by atoms with Crippen LogP contribution in [0.25, 0.3) is 0 Å². The van der Waals surface area contributed by atoms with Crippen molar-refractivity contribution in [3.63, 3.8) is 0 Å². The van der Waals surface area contributed by atoms with Gasteiger partial charge >= 0.3 is 0 Å². The van der Waals surface area contributed by atoms with Gasteiger partial charge in [0.05, 0.1) is 5.69 Å². The number of nitrogens with one attached hydrogen (secondary N) is 1. The summed E-state index contributed by atoms with van der Waals surface area (Å²) >= 11 is 0. The van der Waals surface area contributed by atoms with E-state index >= 15 is 0 Å². The van der Waals surface area contributed by atoms with Gasteiger partial charge in [0, 0.05) is 37.9 Å². The van der Waals surface area contributed by atoms with E-state index in [2.05, 4.69) is 24.3 Å². The number of hydrogen-bond donors (Lipinski definition) is 1. The maximum Gasteiger partial charge on any atom is 0.260 e. The Bertz CT molecular complexity index is 778. The summed E-state index contributed by atoms with van der Waals surface area (Å²) in [5.41, 5.74) is 4.71. The molecule has 0 radical (unpaired) electrons. The zero-order valence-electron chi connectivity index (χ0n) is 16.6. The minimum absolute atomic E-state index is 0.0813. The van der Waals surface area contributed by atoms with E-state index in [-0.39, 0.29) is 12.5 Å². The van der Waals surface area contributed by atoms with Crippen molar-refractivity contribution >= 4 is 5.91 Å². The molecule has 1 aromatic heterocycles. The predicted molar refractivity (Wildman–Crippen MR) is 106 cm³/mol. The Balaban J connectivity index is 1.49. The highest BCUT2D eigenvalue weighted by molar-refractivity contribution is 5.78. The van der Waals surface area contributed by atoms with Crippen LogP contribution >= 0.6 is 0 Å². The van der Waals surface area contributed by atoms with Crippen LogP contribution in [-0.4, -0.2) is 46.8 Å². The molecule has 2 heterocycles. The van der Waals surface area contributed by atoms with Gasteiger partial charge in [0.25, 0.3) is 5.91 Å². The molecule has 0 atom stereocenters. The normalized spacial score (nSPS) is 14.0. The van der Waals surface area contributed by atoms with Gasteiger partial charge in [-0.1, -0.05) is 18.2 Å². The maximum absolute atomic E-state index is 12.2. The van der Waals surface area contributed by atoms with Crippen LogP contribution in [0.4, 0.5) is 0 Å². The molecule has 6 nitrogen and oxygen atoms in total. The van der Waals surface area contributed by atoms with E-state index in [1.165, 1.54) is 11.3 Å². The topological polar surface area (TPSA) is 59.4 Å². The van der Waals surface area contributed by atoms with Gasteiger partial charge in [-0.25, -0.2) is 0 Å². The van der Waals surface area contributed by atoms with Crippen LogP contribution in [0, 0.1) is 13.8 Å². The zero-order chi connectivity index (χ0) is 19.2. The van der Waals surface area contributed by atoms with Gasteiger partial charge in [-0.15, -0.1) is 0 Å². The summed E-state index contributed by atoms with van der Waals surface area (Å²) in [6.45, 7) is 7.59. The Morgan fingerprint density at radius 1 is 1.22 bits per heavy atom. The highest BCUT2D eigenvalue weighted by Crippen LogP contribution is 2.18. The summed E-state index contributed by atoms with van der Waals surface area (Å²) in [6, 6.07) is 7.93. The SMILES string of the molecule is Cc1nn(C)c(C)c1CCNCc1ccccc1OCC(=O)N1CCCC1. The fraction of sp³-hybridized carbons (Fsp3) is 0.524. The van der Waals surface area contributed by atoms with E-state index in [0.29, 0.717) is 6.54 Å². The lowest BCUT2D eigenvalue weighted by molar-refractivity contribution is -0.132. The molecular formula is C21H30N4O2. The van der Waals surface area contributed by atoms with Crippen LogP contribution < -0.4 is 10.1 Å². The van der Waals surface area contributed by atoms with Crippen molar-refractivity contribution in [2.24, 2.45) is 7.05 Å². The van der Waals surface area contributed by atoms with E-state index < -0.39 is 0 Å². The number of para-hydroxylation sites is 1.